The van der Waals surface area contributed by atoms with E-state index in [9.17, 15) is 14.7 Å². The molecule has 0 spiro atoms. The highest BCUT2D eigenvalue weighted by Gasteiger charge is 2.46. The first-order valence-corrected chi connectivity index (χ1v) is 11.2. The second-order valence-corrected chi connectivity index (χ2v) is 8.68. The quantitative estimate of drug-likeness (QED) is 0.543. The van der Waals surface area contributed by atoms with Crippen LogP contribution in [0.1, 0.15) is 29.9 Å². The lowest BCUT2D eigenvalue weighted by Crippen LogP contribution is -2.47. The maximum Gasteiger partial charge on any atom is 0.250 e. The van der Waals surface area contributed by atoms with Crippen LogP contribution in [0.15, 0.2) is 42.5 Å². The number of fused-ring (bicyclic) bond motifs is 3. The average Bonchev–Trinajstić information content (AvgIpc) is 3.16. The second kappa shape index (κ2) is 10.5. The number of carbonyl (C=O) groups is 2. The smallest absolute Gasteiger partial charge is 0.250 e. The van der Waals surface area contributed by atoms with Gasteiger partial charge in [-0.15, -0.1) is 0 Å². The molecule has 2 aliphatic rings. The molecule has 2 aromatic rings. The SMILES string of the molecule is COCC(=O)Nc1ccc2c(c1)[C@H]1C[C@@H](CC(=O)NCc3ccc(Cl)cc3)O[C@@H](CO)[C@H]1O2. The summed E-state index contributed by atoms with van der Waals surface area (Å²) in [5, 5.41) is 16.2. The molecule has 2 heterocycles. The Morgan fingerprint density at radius 3 is 2.70 bits per heavy atom. The Labute approximate surface area is 197 Å². The van der Waals surface area contributed by atoms with Gasteiger partial charge >= 0.3 is 0 Å². The number of halogens is 1. The van der Waals surface area contributed by atoms with Gasteiger partial charge in [-0.05, 0) is 42.3 Å². The number of ether oxygens (including phenoxy) is 3. The molecule has 2 aromatic carbocycles. The van der Waals surface area contributed by atoms with Gasteiger partial charge < -0.3 is 30.0 Å². The zero-order chi connectivity index (χ0) is 23.4. The molecular weight excluding hydrogens is 448 g/mol. The van der Waals surface area contributed by atoms with E-state index in [4.69, 9.17) is 25.8 Å². The minimum Gasteiger partial charge on any atom is -0.487 e. The van der Waals surface area contributed by atoms with Gasteiger partial charge in [-0.25, -0.2) is 0 Å². The summed E-state index contributed by atoms with van der Waals surface area (Å²) in [6, 6.07) is 12.7. The lowest BCUT2D eigenvalue weighted by molar-refractivity contribution is -0.142. The van der Waals surface area contributed by atoms with Crippen molar-refractivity contribution >= 4 is 29.1 Å². The first-order chi connectivity index (χ1) is 16.0. The lowest BCUT2D eigenvalue weighted by atomic mass is 9.84. The summed E-state index contributed by atoms with van der Waals surface area (Å²) < 4.78 is 16.9. The molecule has 33 heavy (non-hydrogen) atoms. The van der Waals surface area contributed by atoms with E-state index in [1.807, 2.05) is 18.2 Å². The molecule has 0 aromatic heterocycles. The molecule has 8 nitrogen and oxygen atoms in total. The molecule has 2 aliphatic heterocycles. The fourth-order valence-corrected chi connectivity index (χ4v) is 4.50. The molecule has 1 fully saturated rings. The monoisotopic (exact) mass is 474 g/mol. The third kappa shape index (κ3) is 5.65. The van der Waals surface area contributed by atoms with Crippen LogP contribution in [-0.2, 0) is 25.6 Å². The number of carbonyl (C=O) groups excluding carboxylic acids is 2. The number of hydrogen-bond acceptors (Lipinski definition) is 6. The van der Waals surface area contributed by atoms with Crippen LogP contribution in [0.2, 0.25) is 5.02 Å². The van der Waals surface area contributed by atoms with Crippen LogP contribution >= 0.6 is 11.6 Å². The molecular formula is C24H27ClN2O6. The second-order valence-electron chi connectivity index (χ2n) is 8.24. The zero-order valence-corrected chi connectivity index (χ0v) is 19.0. The van der Waals surface area contributed by atoms with Gasteiger partial charge in [0.15, 0.2) is 0 Å². The van der Waals surface area contributed by atoms with Gasteiger partial charge in [-0.2, -0.15) is 0 Å². The van der Waals surface area contributed by atoms with Crippen molar-refractivity contribution in [1.29, 1.82) is 0 Å². The van der Waals surface area contributed by atoms with E-state index in [1.54, 1.807) is 24.3 Å². The summed E-state index contributed by atoms with van der Waals surface area (Å²) in [4.78, 5) is 24.4. The van der Waals surface area contributed by atoms with Crippen LogP contribution in [0, 0.1) is 0 Å². The predicted octanol–water partition coefficient (Wildman–Crippen LogP) is 2.63. The van der Waals surface area contributed by atoms with E-state index in [0.29, 0.717) is 29.4 Å². The van der Waals surface area contributed by atoms with Crippen LogP contribution in [-0.4, -0.2) is 55.6 Å². The van der Waals surface area contributed by atoms with Crippen molar-refractivity contribution in [3.8, 4) is 5.75 Å². The largest absolute Gasteiger partial charge is 0.487 e. The Morgan fingerprint density at radius 2 is 1.97 bits per heavy atom. The highest BCUT2D eigenvalue weighted by molar-refractivity contribution is 6.30. The van der Waals surface area contributed by atoms with E-state index in [1.165, 1.54) is 7.11 Å². The molecule has 3 N–H and O–H groups in total. The highest BCUT2D eigenvalue weighted by atomic mass is 35.5. The fraction of sp³-hybridized carbons (Fsp3) is 0.417. The number of rotatable bonds is 8. The van der Waals surface area contributed by atoms with Gasteiger partial charge in [0, 0.05) is 35.8 Å². The number of benzene rings is 2. The molecule has 0 unspecified atom stereocenters. The number of amides is 2. The summed E-state index contributed by atoms with van der Waals surface area (Å²) in [6.45, 7) is 0.150. The van der Waals surface area contributed by atoms with Crippen molar-refractivity contribution in [3.05, 3.63) is 58.6 Å². The van der Waals surface area contributed by atoms with Crippen LogP contribution < -0.4 is 15.4 Å². The number of methoxy groups -OCH3 is 1. The molecule has 1 saturated heterocycles. The van der Waals surface area contributed by atoms with Crippen molar-refractivity contribution < 1.29 is 28.9 Å². The molecule has 0 saturated carbocycles. The Bertz CT molecular complexity index is 999. The van der Waals surface area contributed by atoms with Crippen LogP contribution in [0.5, 0.6) is 5.75 Å². The van der Waals surface area contributed by atoms with E-state index in [-0.39, 0.29) is 49.6 Å². The Balaban J connectivity index is 1.41. The summed E-state index contributed by atoms with van der Waals surface area (Å²) in [5.41, 5.74) is 2.53. The summed E-state index contributed by atoms with van der Waals surface area (Å²) in [5.74, 6) is 0.261. The molecule has 2 amide bonds. The van der Waals surface area contributed by atoms with Gasteiger partial charge in [0.05, 0.1) is 19.1 Å². The zero-order valence-electron chi connectivity index (χ0n) is 18.3. The Morgan fingerprint density at radius 1 is 1.18 bits per heavy atom. The molecule has 176 valence electrons. The molecule has 0 bridgehead atoms. The van der Waals surface area contributed by atoms with Gasteiger partial charge in [0.2, 0.25) is 11.8 Å². The van der Waals surface area contributed by atoms with Crippen LogP contribution in [0.3, 0.4) is 0 Å². The van der Waals surface area contributed by atoms with Gasteiger partial charge in [-0.3, -0.25) is 9.59 Å². The fourth-order valence-electron chi connectivity index (χ4n) is 4.38. The van der Waals surface area contributed by atoms with Gasteiger partial charge in [0.25, 0.3) is 0 Å². The minimum atomic E-state index is -0.545. The van der Waals surface area contributed by atoms with Gasteiger partial charge in [-0.1, -0.05) is 23.7 Å². The van der Waals surface area contributed by atoms with Crippen molar-refractivity contribution in [2.24, 2.45) is 0 Å². The summed E-state index contributed by atoms with van der Waals surface area (Å²) in [7, 11) is 1.46. The van der Waals surface area contributed by atoms with E-state index < -0.39 is 6.10 Å². The van der Waals surface area contributed by atoms with Crippen molar-refractivity contribution in [1.82, 2.24) is 5.32 Å². The highest BCUT2D eigenvalue weighted by Crippen LogP contribution is 2.47. The standard InChI is InChI=1S/C24H27ClN2O6/c1-31-13-23(30)27-16-6-7-20-18(8-16)19-9-17(32-21(12-28)24(19)33-20)10-22(29)26-11-14-2-4-15(25)5-3-14/h2-8,17,19,21,24,28H,9-13H2,1H3,(H,26,29)(H,27,30)/t17-,19+,21-,24-/m0/s1. The van der Waals surface area contributed by atoms with Gasteiger partial charge in [0.1, 0.15) is 24.6 Å². The maximum absolute atomic E-state index is 12.6. The summed E-state index contributed by atoms with van der Waals surface area (Å²) in [6.07, 6.45) is -0.514. The third-order valence-electron chi connectivity index (χ3n) is 5.87. The third-order valence-corrected chi connectivity index (χ3v) is 6.13. The van der Waals surface area contributed by atoms with E-state index in [2.05, 4.69) is 10.6 Å². The molecule has 4 atom stereocenters. The Kier molecular flexibility index (Phi) is 7.49. The number of aliphatic hydroxyl groups is 1. The molecule has 9 heteroatoms. The van der Waals surface area contributed by atoms with Crippen LogP contribution in [0.25, 0.3) is 0 Å². The average molecular weight is 475 g/mol. The first-order valence-electron chi connectivity index (χ1n) is 10.8. The normalized spacial score (nSPS) is 23.2. The lowest BCUT2D eigenvalue weighted by Gasteiger charge is -2.37. The first kappa shape index (κ1) is 23.5. The van der Waals surface area contributed by atoms with Crippen molar-refractivity contribution in [2.75, 3.05) is 25.6 Å². The molecule has 0 aliphatic carbocycles. The van der Waals surface area contributed by atoms with E-state index >= 15 is 0 Å². The van der Waals surface area contributed by atoms with Crippen molar-refractivity contribution in [3.63, 3.8) is 0 Å². The summed E-state index contributed by atoms with van der Waals surface area (Å²) >= 11 is 5.90. The number of anilines is 1. The molecule has 4 rings (SSSR count). The minimum absolute atomic E-state index is 0.0345. The van der Waals surface area contributed by atoms with Crippen LogP contribution in [0.4, 0.5) is 5.69 Å². The number of hydrogen-bond donors (Lipinski definition) is 3. The molecule has 0 radical (unpaired) electrons. The van der Waals surface area contributed by atoms with E-state index in [0.717, 1.165) is 11.1 Å². The van der Waals surface area contributed by atoms with Crippen molar-refractivity contribution in [2.45, 2.75) is 43.6 Å². The number of aliphatic hydroxyl groups excluding tert-OH is 1. The maximum atomic E-state index is 12.6. The topological polar surface area (TPSA) is 106 Å². The number of nitrogens with one attached hydrogen (secondary N) is 2. The Hall–Kier alpha value is -2.65. The predicted molar refractivity (Wildman–Crippen MR) is 122 cm³/mol.